The Hall–Kier alpha value is -2.98. The summed E-state index contributed by atoms with van der Waals surface area (Å²) in [6.45, 7) is 0.723. The quantitative estimate of drug-likeness (QED) is 0.367. The summed E-state index contributed by atoms with van der Waals surface area (Å²) in [5, 5.41) is 9.14. The number of amides is 1. The highest BCUT2D eigenvalue weighted by Crippen LogP contribution is 2.32. The minimum atomic E-state index is -5.08. The predicted molar refractivity (Wildman–Crippen MR) is 146 cm³/mol. The van der Waals surface area contributed by atoms with Crippen molar-refractivity contribution in [2.75, 3.05) is 11.4 Å². The van der Waals surface area contributed by atoms with Crippen LogP contribution in [0.25, 0.3) is 0 Å². The molecule has 1 aliphatic carbocycles. The molecule has 1 fully saturated rings. The highest BCUT2D eigenvalue weighted by Gasteiger charge is 2.38. The number of ketones is 1. The Bertz CT molecular complexity index is 1130. The molecule has 1 aromatic heterocycles. The van der Waals surface area contributed by atoms with E-state index in [-0.39, 0.29) is 17.6 Å². The maximum Gasteiger partial charge on any atom is 0.490 e. The van der Waals surface area contributed by atoms with E-state index in [1.165, 1.54) is 37.7 Å². The van der Waals surface area contributed by atoms with Crippen LogP contribution in [-0.4, -0.2) is 41.5 Å². The molecule has 1 amide bonds. The third-order valence-electron chi connectivity index (χ3n) is 7.15. The maximum atomic E-state index is 13.0. The summed E-state index contributed by atoms with van der Waals surface area (Å²) < 4.78 is 31.7. The number of carbonyl (C=O) groups excluding carboxylic acids is 2. The van der Waals surface area contributed by atoms with Crippen LogP contribution in [0.4, 0.5) is 18.9 Å². The monoisotopic (exact) mass is 564 g/mol. The second kappa shape index (κ2) is 14.4. The molecule has 39 heavy (non-hydrogen) atoms. The van der Waals surface area contributed by atoms with Gasteiger partial charge in [0.15, 0.2) is 0 Å². The van der Waals surface area contributed by atoms with Gasteiger partial charge in [-0.1, -0.05) is 62.4 Å². The average molecular weight is 565 g/mol. The topological polar surface area (TPSA) is 101 Å². The number of carboxylic acid groups (broad SMARTS) is 1. The smallest absolute Gasteiger partial charge is 0.475 e. The third kappa shape index (κ3) is 9.61. The third-order valence-corrected chi connectivity index (χ3v) is 8.04. The summed E-state index contributed by atoms with van der Waals surface area (Å²) in [5.74, 6) is -1.93. The second-order valence-corrected chi connectivity index (χ2v) is 11.1. The summed E-state index contributed by atoms with van der Waals surface area (Å²) >= 11 is 1.64. The molecule has 4 rings (SSSR count). The van der Waals surface area contributed by atoms with Crippen LogP contribution in [0.2, 0.25) is 0 Å². The fourth-order valence-corrected chi connectivity index (χ4v) is 5.89. The van der Waals surface area contributed by atoms with Gasteiger partial charge >= 0.3 is 12.1 Å². The van der Waals surface area contributed by atoms with Crippen molar-refractivity contribution in [3.63, 3.8) is 0 Å². The van der Waals surface area contributed by atoms with Crippen LogP contribution in [0.3, 0.4) is 0 Å². The van der Waals surface area contributed by atoms with Gasteiger partial charge in [-0.25, -0.2) is 4.79 Å². The molecule has 1 aliphatic heterocycles. The fourth-order valence-electron chi connectivity index (χ4n) is 5.13. The van der Waals surface area contributed by atoms with E-state index in [0.717, 1.165) is 30.0 Å². The molecule has 6 nitrogen and oxygen atoms in total. The van der Waals surface area contributed by atoms with E-state index < -0.39 is 18.2 Å². The minimum Gasteiger partial charge on any atom is -0.475 e. The Balaban J connectivity index is 0.000000532. The Morgan fingerprint density at radius 1 is 1.10 bits per heavy atom. The average Bonchev–Trinajstić information content (AvgIpc) is 3.57. The largest absolute Gasteiger partial charge is 0.490 e. The normalized spacial score (nSPS) is 17.3. The fraction of sp³-hybridized carbons (Fsp3) is 0.483. The molecule has 0 spiro atoms. The lowest BCUT2D eigenvalue weighted by Crippen LogP contribution is -2.34. The summed E-state index contributed by atoms with van der Waals surface area (Å²) in [5.41, 5.74) is 8.50. The van der Waals surface area contributed by atoms with Crippen molar-refractivity contribution in [1.29, 1.82) is 0 Å². The number of halogens is 3. The van der Waals surface area contributed by atoms with E-state index in [9.17, 15) is 22.8 Å². The van der Waals surface area contributed by atoms with E-state index in [1.54, 1.807) is 17.4 Å². The molecular formula is C29H35F3N2O4S. The van der Waals surface area contributed by atoms with Gasteiger partial charge in [0.05, 0.1) is 6.04 Å². The maximum absolute atomic E-state index is 13.0. The molecule has 0 bridgehead atoms. The molecule has 2 heterocycles. The first kappa shape index (κ1) is 30.6. The predicted octanol–water partition coefficient (Wildman–Crippen LogP) is 5.94. The number of carboxylic acids is 1. The molecule has 0 saturated heterocycles. The van der Waals surface area contributed by atoms with Crippen LogP contribution < -0.4 is 10.6 Å². The van der Waals surface area contributed by atoms with Crippen molar-refractivity contribution in [1.82, 2.24) is 0 Å². The van der Waals surface area contributed by atoms with Gasteiger partial charge in [-0.15, -0.1) is 11.3 Å². The van der Waals surface area contributed by atoms with Gasteiger partial charge in [-0.3, -0.25) is 9.59 Å². The van der Waals surface area contributed by atoms with Crippen molar-refractivity contribution in [3.05, 3.63) is 64.4 Å². The van der Waals surface area contributed by atoms with Gasteiger partial charge in [0.1, 0.15) is 5.78 Å². The lowest BCUT2D eigenvalue weighted by molar-refractivity contribution is -0.192. The molecule has 212 valence electrons. The lowest BCUT2D eigenvalue weighted by Gasteiger charge is -2.25. The van der Waals surface area contributed by atoms with E-state index in [4.69, 9.17) is 15.6 Å². The molecule has 10 heteroatoms. The molecule has 2 aromatic rings. The zero-order valence-corrected chi connectivity index (χ0v) is 22.6. The summed E-state index contributed by atoms with van der Waals surface area (Å²) in [6.07, 6.45) is 7.82. The number of Topliss-reactive ketones (excluding diaryl/α,β-unsaturated/α-hetero) is 1. The van der Waals surface area contributed by atoms with E-state index in [1.807, 2.05) is 46.7 Å². The van der Waals surface area contributed by atoms with Crippen molar-refractivity contribution >= 4 is 34.7 Å². The number of aliphatic carboxylic acids is 1. The first-order valence-electron chi connectivity index (χ1n) is 13.2. The van der Waals surface area contributed by atoms with Gasteiger partial charge in [-0.05, 0) is 53.8 Å². The first-order chi connectivity index (χ1) is 18.5. The van der Waals surface area contributed by atoms with E-state index >= 15 is 0 Å². The molecule has 0 unspecified atom stereocenters. The zero-order chi connectivity index (χ0) is 28.4. The van der Waals surface area contributed by atoms with Crippen LogP contribution in [0.15, 0.2) is 53.9 Å². The Labute approximate surface area is 230 Å². The molecular weight excluding hydrogens is 529 g/mol. The Kier molecular flexibility index (Phi) is 11.3. The number of alkyl halides is 3. The number of benzene rings is 1. The number of allylic oxidation sites excluding steroid dienone is 1. The van der Waals surface area contributed by atoms with Crippen molar-refractivity contribution in [3.8, 4) is 0 Å². The van der Waals surface area contributed by atoms with Crippen LogP contribution in [0.5, 0.6) is 0 Å². The number of hydrogen-bond donors (Lipinski definition) is 2. The van der Waals surface area contributed by atoms with Crippen LogP contribution in [0, 0.1) is 11.8 Å². The summed E-state index contributed by atoms with van der Waals surface area (Å²) in [4.78, 5) is 37.8. The van der Waals surface area contributed by atoms with Gasteiger partial charge in [0.25, 0.3) is 5.91 Å². The van der Waals surface area contributed by atoms with Crippen molar-refractivity contribution in [2.45, 2.75) is 70.0 Å². The number of thiophene rings is 1. The summed E-state index contributed by atoms with van der Waals surface area (Å²) in [7, 11) is 0. The number of nitrogens with zero attached hydrogens (tertiary/aromatic N) is 1. The SMILES string of the molecule is N[C@@H](Cc1cccs1)C(=O)C[C@H](/C=C/C(=O)N1CCc2ccccc21)CC1CCCCC1.O=C(O)C(F)(F)F. The van der Waals surface area contributed by atoms with E-state index in [2.05, 4.69) is 6.07 Å². The van der Waals surface area contributed by atoms with Crippen molar-refractivity contribution in [2.24, 2.45) is 17.6 Å². The Morgan fingerprint density at radius 2 is 1.79 bits per heavy atom. The second-order valence-electron chi connectivity index (χ2n) is 10.1. The molecule has 1 saturated carbocycles. The van der Waals surface area contributed by atoms with Crippen molar-refractivity contribution < 1.29 is 32.7 Å². The lowest BCUT2D eigenvalue weighted by atomic mass is 9.80. The molecule has 2 aliphatic rings. The number of fused-ring (bicyclic) bond motifs is 1. The van der Waals surface area contributed by atoms with Crippen LogP contribution >= 0.6 is 11.3 Å². The number of hydrogen-bond acceptors (Lipinski definition) is 5. The van der Waals surface area contributed by atoms with Gasteiger partial charge < -0.3 is 15.7 Å². The molecule has 2 atom stereocenters. The Morgan fingerprint density at radius 3 is 2.44 bits per heavy atom. The molecule has 3 N–H and O–H groups in total. The van der Waals surface area contributed by atoms with Crippen LogP contribution in [0.1, 0.15) is 55.4 Å². The van der Waals surface area contributed by atoms with Gasteiger partial charge in [0.2, 0.25) is 0 Å². The van der Waals surface area contributed by atoms with E-state index in [0.29, 0.717) is 18.8 Å². The molecule has 1 aromatic carbocycles. The number of anilines is 1. The number of nitrogens with two attached hydrogens (primary N) is 1. The number of para-hydroxylation sites is 1. The van der Waals surface area contributed by atoms with Gasteiger partial charge in [0, 0.05) is 30.0 Å². The minimum absolute atomic E-state index is 0.0129. The summed E-state index contributed by atoms with van der Waals surface area (Å²) in [6, 6.07) is 11.7. The zero-order valence-electron chi connectivity index (χ0n) is 21.7. The number of carbonyl (C=O) groups is 3. The van der Waals surface area contributed by atoms with Crippen LogP contribution in [-0.2, 0) is 27.2 Å². The van der Waals surface area contributed by atoms with Gasteiger partial charge in [-0.2, -0.15) is 13.2 Å². The standard InChI is InChI=1S/C27H34N2O2S.C2HF3O2/c28-24(19-23-10-6-16-32-23)26(30)18-21(17-20-7-2-1-3-8-20)12-13-27(31)29-15-14-22-9-4-5-11-25(22)29;3-2(4,5)1(6)7/h4-6,9-13,16,20-21,24H,1-3,7-8,14-15,17-19,28H2;(H,6,7)/b13-12+;/t21-,24+;/m1./s1. The first-order valence-corrected chi connectivity index (χ1v) is 14.1. The molecule has 0 radical (unpaired) electrons. The highest BCUT2D eigenvalue weighted by atomic mass is 32.1. The highest BCUT2D eigenvalue weighted by molar-refractivity contribution is 7.09. The number of rotatable bonds is 9.